The summed E-state index contributed by atoms with van der Waals surface area (Å²) in [6.07, 6.45) is 5.20. The number of hydrogen-bond donors (Lipinski definition) is 1. The molecule has 1 aliphatic rings. The van der Waals surface area contributed by atoms with E-state index in [1.165, 1.54) is 12.8 Å². The molecule has 1 aromatic rings. The molecule has 1 saturated carbocycles. The van der Waals surface area contributed by atoms with Crippen LogP contribution in [0.3, 0.4) is 0 Å². The fourth-order valence-electron chi connectivity index (χ4n) is 3.41. The molecule has 0 aliphatic heterocycles. The van der Waals surface area contributed by atoms with Crippen LogP contribution >= 0.6 is 0 Å². The lowest BCUT2D eigenvalue weighted by Gasteiger charge is -2.37. The van der Waals surface area contributed by atoms with Gasteiger partial charge in [-0.25, -0.2) is 4.79 Å². The monoisotopic (exact) mass is 261 g/mol. The topological polar surface area (TPSA) is 50.2 Å². The Labute approximate surface area is 115 Å². The van der Waals surface area contributed by atoms with Gasteiger partial charge in [-0.2, -0.15) is 0 Å². The van der Waals surface area contributed by atoms with Gasteiger partial charge in [-0.15, -0.1) is 0 Å². The molecule has 3 heteroatoms. The van der Waals surface area contributed by atoms with E-state index in [1.807, 2.05) is 0 Å². The molecule has 1 N–H and O–H groups in total. The molecule has 0 spiro atoms. The van der Waals surface area contributed by atoms with Gasteiger partial charge in [0.15, 0.2) is 0 Å². The number of nitrogens with zero attached hydrogens (tertiary/aromatic N) is 1. The molecule has 0 radical (unpaired) electrons. The zero-order chi connectivity index (χ0) is 14.0. The van der Waals surface area contributed by atoms with Gasteiger partial charge in [0, 0.05) is 12.1 Å². The van der Waals surface area contributed by atoms with Crippen LogP contribution in [0, 0.1) is 17.8 Å². The standard InChI is InChI=1S/C16H23NO2/c1-10(2)12-7-6-11(3)9-14(12)15-13(16(18)19)5-4-8-17-15/h4-5,8,10-12,14H,6-7,9H2,1-3H3,(H,18,19). The summed E-state index contributed by atoms with van der Waals surface area (Å²) < 4.78 is 0. The fourth-order valence-corrected chi connectivity index (χ4v) is 3.41. The molecule has 0 aromatic carbocycles. The Morgan fingerprint density at radius 2 is 2.16 bits per heavy atom. The molecule has 1 heterocycles. The van der Waals surface area contributed by atoms with E-state index in [2.05, 4.69) is 25.8 Å². The molecular weight excluding hydrogens is 238 g/mol. The molecule has 1 aliphatic carbocycles. The van der Waals surface area contributed by atoms with Gasteiger partial charge in [0.2, 0.25) is 0 Å². The summed E-state index contributed by atoms with van der Waals surface area (Å²) in [6, 6.07) is 3.39. The van der Waals surface area contributed by atoms with E-state index in [0.717, 1.165) is 12.1 Å². The Morgan fingerprint density at radius 1 is 1.42 bits per heavy atom. The molecule has 3 unspecified atom stereocenters. The number of carboxylic acids is 1. The van der Waals surface area contributed by atoms with E-state index in [4.69, 9.17) is 0 Å². The first-order valence-electron chi connectivity index (χ1n) is 7.19. The SMILES string of the molecule is CC1CCC(C(C)C)C(c2ncccc2C(=O)O)C1. The van der Waals surface area contributed by atoms with Crippen LogP contribution in [-0.4, -0.2) is 16.1 Å². The maximum absolute atomic E-state index is 11.4. The van der Waals surface area contributed by atoms with Crippen molar-refractivity contribution in [2.24, 2.45) is 17.8 Å². The Morgan fingerprint density at radius 3 is 2.79 bits per heavy atom. The number of carbonyl (C=O) groups is 1. The quantitative estimate of drug-likeness (QED) is 0.896. The molecule has 1 fully saturated rings. The van der Waals surface area contributed by atoms with Crippen LogP contribution in [0.1, 0.15) is 62.0 Å². The zero-order valence-corrected chi connectivity index (χ0v) is 12.0. The fraction of sp³-hybridized carbons (Fsp3) is 0.625. The Balaban J connectivity index is 2.39. The molecule has 0 bridgehead atoms. The van der Waals surface area contributed by atoms with Crippen LogP contribution in [-0.2, 0) is 0 Å². The zero-order valence-electron chi connectivity index (χ0n) is 12.0. The van der Waals surface area contributed by atoms with Crippen LogP contribution in [0.5, 0.6) is 0 Å². The van der Waals surface area contributed by atoms with Gasteiger partial charge in [-0.05, 0) is 42.7 Å². The molecule has 3 atom stereocenters. The molecule has 0 amide bonds. The predicted molar refractivity (Wildman–Crippen MR) is 75.3 cm³/mol. The number of carboxylic acid groups (broad SMARTS) is 1. The van der Waals surface area contributed by atoms with Gasteiger partial charge in [0.1, 0.15) is 0 Å². The highest BCUT2D eigenvalue weighted by Crippen LogP contribution is 2.44. The number of aromatic nitrogens is 1. The Hall–Kier alpha value is -1.38. The van der Waals surface area contributed by atoms with Crippen LogP contribution in [0.2, 0.25) is 0 Å². The van der Waals surface area contributed by atoms with Crippen LogP contribution in [0.25, 0.3) is 0 Å². The maximum atomic E-state index is 11.4. The average molecular weight is 261 g/mol. The normalized spacial score (nSPS) is 27.5. The van der Waals surface area contributed by atoms with Gasteiger partial charge < -0.3 is 5.11 Å². The summed E-state index contributed by atoms with van der Waals surface area (Å²) in [7, 11) is 0. The summed E-state index contributed by atoms with van der Waals surface area (Å²) in [6.45, 7) is 6.72. The molecular formula is C16H23NO2. The molecule has 0 saturated heterocycles. The first kappa shape index (κ1) is 14.0. The number of hydrogen-bond acceptors (Lipinski definition) is 2. The van der Waals surface area contributed by atoms with E-state index in [1.54, 1.807) is 18.3 Å². The average Bonchev–Trinajstić information content (AvgIpc) is 2.38. The molecule has 104 valence electrons. The third-order valence-corrected chi connectivity index (χ3v) is 4.44. The Bertz CT molecular complexity index is 456. The summed E-state index contributed by atoms with van der Waals surface area (Å²) in [4.78, 5) is 15.8. The van der Waals surface area contributed by atoms with Gasteiger partial charge in [0.25, 0.3) is 0 Å². The summed E-state index contributed by atoms with van der Waals surface area (Å²) in [5, 5.41) is 9.35. The lowest BCUT2D eigenvalue weighted by atomic mass is 9.68. The minimum Gasteiger partial charge on any atom is -0.478 e. The number of pyridine rings is 1. The summed E-state index contributed by atoms with van der Waals surface area (Å²) in [5.74, 6) is 1.20. The lowest BCUT2D eigenvalue weighted by Crippen LogP contribution is -2.28. The largest absolute Gasteiger partial charge is 0.478 e. The van der Waals surface area contributed by atoms with Gasteiger partial charge in [-0.1, -0.05) is 27.2 Å². The highest BCUT2D eigenvalue weighted by atomic mass is 16.4. The van der Waals surface area contributed by atoms with E-state index in [-0.39, 0.29) is 5.92 Å². The van der Waals surface area contributed by atoms with Crippen molar-refractivity contribution in [1.82, 2.24) is 4.98 Å². The highest BCUT2D eigenvalue weighted by molar-refractivity contribution is 5.89. The van der Waals surface area contributed by atoms with Crippen molar-refractivity contribution >= 4 is 5.97 Å². The second kappa shape index (κ2) is 5.72. The van der Waals surface area contributed by atoms with Crippen molar-refractivity contribution in [3.8, 4) is 0 Å². The lowest BCUT2D eigenvalue weighted by molar-refractivity contribution is 0.0691. The summed E-state index contributed by atoms with van der Waals surface area (Å²) in [5.41, 5.74) is 1.17. The van der Waals surface area contributed by atoms with Crippen molar-refractivity contribution in [1.29, 1.82) is 0 Å². The van der Waals surface area contributed by atoms with Crippen molar-refractivity contribution in [3.63, 3.8) is 0 Å². The van der Waals surface area contributed by atoms with E-state index in [9.17, 15) is 9.90 Å². The van der Waals surface area contributed by atoms with E-state index in [0.29, 0.717) is 23.3 Å². The molecule has 2 rings (SSSR count). The van der Waals surface area contributed by atoms with Crippen molar-refractivity contribution < 1.29 is 9.90 Å². The number of rotatable bonds is 3. The minimum absolute atomic E-state index is 0.288. The second-order valence-corrected chi connectivity index (χ2v) is 6.17. The van der Waals surface area contributed by atoms with E-state index >= 15 is 0 Å². The van der Waals surface area contributed by atoms with Gasteiger partial charge >= 0.3 is 5.97 Å². The van der Waals surface area contributed by atoms with Crippen molar-refractivity contribution in [2.75, 3.05) is 0 Å². The minimum atomic E-state index is -0.858. The predicted octanol–water partition coefficient (Wildman–Crippen LogP) is 3.96. The van der Waals surface area contributed by atoms with Crippen LogP contribution in [0.15, 0.2) is 18.3 Å². The van der Waals surface area contributed by atoms with Gasteiger partial charge in [-0.3, -0.25) is 4.98 Å². The maximum Gasteiger partial charge on any atom is 0.337 e. The summed E-state index contributed by atoms with van der Waals surface area (Å²) >= 11 is 0. The van der Waals surface area contributed by atoms with E-state index < -0.39 is 5.97 Å². The second-order valence-electron chi connectivity index (χ2n) is 6.17. The van der Waals surface area contributed by atoms with Crippen molar-refractivity contribution in [3.05, 3.63) is 29.6 Å². The Kier molecular flexibility index (Phi) is 4.23. The first-order chi connectivity index (χ1) is 9.00. The van der Waals surface area contributed by atoms with Crippen LogP contribution < -0.4 is 0 Å². The molecule has 19 heavy (non-hydrogen) atoms. The van der Waals surface area contributed by atoms with Crippen LogP contribution in [0.4, 0.5) is 0 Å². The first-order valence-corrected chi connectivity index (χ1v) is 7.19. The number of aromatic carboxylic acids is 1. The highest BCUT2D eigenvalue weighted by Gasteiger charge is 2.34. The molecule has 1 aromatic heterocycles. The van der Waals surface area contributed by atoms with Gasteiger partial charge in [0.05, 0.1) is 11.3 Å². The van der Waals surface area contributed by atoms with Crippen molar-refractivity contribution in [2.45, 2.75) is 46.0 Å². The molecule has 3 nitrogen and oxygen atoms in total. The smallest absolute Gasteiger partial charge is 0.337 e. The third kappa shape index (κ3) is 2.96. The third-order valence-electron chi connectivity index (χ3n) is 4.44.